The van der Waals surface area contributed by atoms with Gasteiger partial charge in [0, 0.05) is 6.54 Å². The van der Waals surface area contributed by atoms with E-state index in [1.54, 1.807) is 6.08 Å². The van der Waals surface area contributed by atoms with Crippen molar-refractivity contribution < 1.29 is 33.8 Å². The first-order chi connectivity index (χ1) is 18.3. The Hall–Kier alpha value is -3.48. The van der Waals surface area contributed by atoms with Gasteiger partial charge in [0.1, 0.15) is 30.2 Å². The number of aromatic nitrogens is 4. The predicted octanol–water partition coefficient (Wildman–Crippen LogP) is 2.34. The molecular weight excluding hydrogens is 513 g/mol. The van der Waals surface area contributed by atoms with Crippen LogP contribution in [0.1, 0.15) is 23.0 Å². The zero-order valence-electron chi connectivity index (χ0n) is 20.0. The summed E-state index contributed by atoms with van der Waals surface area (Å²) in [6.07, 6.45) is -0.287. The molecule has 198 valence electrons. The first-order valence-corrected chi connectivity index (χ1v) is 13.3. The molecule has 2 aromatic heterocycles. The van der Waals surface area contributed by atoms with Crippen LogP contribution in [0.4, 0.5) is 5.95 Å². The molecule has 5 N–H and O–H groups in total. The number of hydrogen-bond acceptors (Lipinski definition) is 9. The number of phosphoric acid groups is 1. The van der Waals surface area contributed by atoms with Crippen molar-refractivity contribution in [2.75, 3.05) is 11.9 Å². The molecule has 3 heterocycles. The summed E-state index contributed by atoms with van der Waals surface area (Å²) in [5.41, 5.74) is 3.22. The van der Waals surface area contributed by atoms with Crippen molar-refractivity contribution in [2.45, 2.75) is 31.1 Å². The van der Waals surface area contributed by atoms with Crippen LogP contribution >= 0.6 is 7.82 Å². The van der Waals surface area contributed by atoms with Crippen LogP contribution in [-0.2, 0) is 20.4 Å². The van der Waals surface area contributed by atoms with E-state index in [-0.39, 0.29) is 0 Å². The van der Waals surface area contributed by atoms with Crippen LogP contribution in [0.25, 0.3) is 23.3 Å². The van der Waals surface area contributed by atoms with Gasteiger partial charge in [0.05, 0.1) is 12.3 Å². The highest BCUT2D eigenvalue weighted by atomic mass is 31.2. The van der Waals surface area contributed by atoms with E-state index in [1.807, 2.05) is 66.7 Å². The van der Waals surface area contributed by atoms with Gasteiger partial charge in [0.2, 0.25) is 5.95 Å². The van der Waals surface area contributed by atoms with E-state index in [2.05, 4.69) is 19.8 Å². The van der Waals surface area contributed by atoms with E-state index in [9.17, 15) is 14.8 Å². The first-order valence-electron chi connectivity index (χ1n) is 11.8. The Morgan fingerprint density at radius 3 is 2.42 bits per heavy atom. The van der Waals surface area contributed by atoms with E-state index >= 15 is 0 Å². The molecule has 2 aromatic carbocycles. The van der Waals surface area contributed by atoms with E-state index in [0.717, 1.165) is 11.1 Å². The molecule has 4 atom stereocenters. The first kappa shape index (κ1) is 26.1. The number of hydrogen-bond donors (Lipinski definition) is 5. The number of anilines is 1. The number of phosphoric ester groups is 1. The van der Waals surface area contributed by atoms with Crippen molar-refractivity contribution in [3.8, 4) is 0 Å². The molecular formula is C25H26N5O7P. The Kier molecular flexibility index (Phi) is 7.63. The van der Waals surface area contributed by atoms with Crippen molar-refractivity contribution >= 4 is 37.1 Å². The molecule has 13 heteroatoms. The van der Waals surface area contributed by atoms with Crippen LogP contribution < -0.4 is 5.32 Å². The molecule has 1 aliphatic rings. The summed E-state index contributed by atoms with van der Waals surface area (Å²) in [6, 6.07) is 19.3. The minimum absolute atomic E-state index is 0.298. The summed E-state index contributed by atoms with van der Waals surface area (Å²) in [4.78, 5) is 31.5. The fourth-order valence-electron chi connectivity index (χ4n) is 4.18. The Bertz CT molecular complexity index is 1460. The van der Waals surface area contributed by atoms with Crippen LogP contribution in [-0.4, -0.2) is 64.4 Å². The summed E-state index contributed by atoms with van der Waals surface area (Å²) < 4.78 is 23.0. The lowest BCUT2D eigenvalue weighted by Gasteiger charge is -2.20. The Balaban J connectivity index is 1.52. The molecule has 12 nitrogen and oxygen atoms in total. The maximum absolute atomic E-state index is 11.2. The largest absolute Gasteiger partial charge is 0.469 e. The van der Waals surface area contributed by atoms with Crippen LogP contribution in [0, 0.1) is 0 Å². The minimum Gasteiger partial charge on any atom is -0.387 e. The fraction of sp³-hybridized carbons (Fsp3) is 0.240. The number of benzene rings is 2. The number of aliphatic hydroxyl groups is 2. The van der Waals surface area contributed by atoms with Crippen LogP contribution in [0.2, 0.25) is 0 Å². The lowest BCUT2D eigenvalue weighted by molar-refractivity contribution is -0.0494. The van der Waals surface area contributed by atoms with Gasteiger partial charge in [-0.05, 0) is 17.2 Å². The van der Waals surface area contributed by atoms with Gasteiger partial charge in [-0.25, -0.2) is 19.5 Å². The maximum atomic E-state index is 11.2. The number of fused-ring (bicyclic) bond motifs is 1. The molecule has 1 aliphatic heterocycles. The van der Waals surface area contributed by atoms with Crippen molar-refractivity contribution in [1.82, 2.24) is 19.5 Å². The second kappa shape index (κ2) is 11.1. The smallest absolute Gasteiger partial charge is 0.387 e. The average molecular weight is 539 g/mol. The fourth-order valence-corrected chi connectivity index (χ4v) is 4.52. The van der Waals surface area contributed by atoms with Gasteiger partial charge in [-0.2, -0.15) is 0 Å². The highest BCUT2D eigenvalue weighted by Gasteiger charge is 2.46. The second-order valence-electron chi connectivity index (χ2n) is 8.65. The number of nitrogens with zero attached hydrogens (tertiary/aromatic N) is 4. The summed E-state index contributed by atoms with van der Waals surface area (Å²) in [5, 5.41) is 24.6. The van der Waals surface area contributed by atoms with Crippen molar-refractivity contribution in [2.24, 2.45) is 0 Å². The predicted molar refractivity (Wildman–Crippen MR) is 138 cm³/mol. The van der Waals surface area contributed by atoms with Crippen molar-refractivity contribution in [3.63, 3.8) is 0 Å². The van der Waals surface area contributed by atoms with E-state index in [1.165, 1.54) is 10.9 Å². The Morgan fingerprint density at radius 1 is 1.00 bits per heavy atom. The van der Waals surface area contributed by atoms with Gasteiger partial charge in [-0.1, -0.05) is 66.7 Å². The molecule has 0 unspecified atom stereocenters. The van der Waals surface area contributed by atoms with Crippen LogP contribution in [0.3, 0.4) is 0 Å². The number of rotatable bonds is 9. The summed E-state index contributed by atoms with van der Waals surface area (Å²) in [7, 11) is -4.81. The molecule has 0 spiro atoms. The molecule has 0 amide bonds. The van der Waals surface area contributed by atoms with Gasteiger partial charge < -0.3 is 30.1 Å². The topological polar surface area (TPSA) is 172 Å². The van der Waals surface area contributed by atoms with E-state index in [4.69, 9.17) is 19.5 Å². The van der Waals surface area contributed by atoms with Gasteiger partial charge in [0.25, 0.3) is 0 Å². The average Bonchev–Trinajstić information content (AvgIpc) is 3.42. The lowest BCUT2D eigenvalue weighted by atomic mass is 10.1. The molecule has 1 saturated heterocycles. The monoisotopic (exact) mass is 539 g/mol. The molecule has 0 bridgehead atoms. The SMILES string of the molecule is O=P(O)(O)OC[C@H]1O[C@@H](n2c(NCc3ccccc3)nc3c(/C=C/c4ccccc4)ncnc32)[C@H](O)[C@@H]1O. The third-order valence-electron chi connectivity index (χ3n) is 6.03. The standard InChI is InChI=1S/C25H26N5O7P/c31-21-19(14-36-38(33,34)35)37-24(22(21)32)30-23-20(29-25(30)26-13-17-9-5-2-6-10-17)18(27-15-28-23)12-11-16-7-3-1-4-8-16/h1-12,15,19,21-22,24,31-32H,13-14H2,(H,26,29)(H2,33,34,35)/b12-11+/t19-,21-,22-,24-/m1/s1. The molecule has 0 aliphatic carbocycles. The second-order valence-corrected chi connectivity index (χ2v) is 9.89. The van der Waals surface area contributed by atoms with Gasteiger partial charge in [-0.15, -0.1) is 0 Å². The molecule has 0 radical (unpaired) electrons. The maximum Gasteiger partial charge on any atom is 0.469 e. The molecule has 38 heavy (non-hydrogen) atoms. The van der Waals surface area contributed by atoms with Crippen molar-refractivity contribution in [3.05, 3.63) is 83.8 Å². The summed E-state index contributed by atoms with van der Waals surface area (Å²) in [5.74, 6) is 0.298. The summed E-state index contributed by atoms with van der Waals surface area (Å²) in [6.45, 7) is -0.235. The Morgan fingerprint density at radius 2 is 1.71 bits per heavy atom. The number of imidazole rings is 1. The molecule has 5 rings (SSSR count). The molecule has 0 saturated carbocycles. The zero-order chi connectivity index (χ0) is 26.7. The van der Waals surface area contributed by atoms with Gasteiger partial charge >= 0.3 is 7.82 Å². The highest BCUT2D eigenvalue weighted by Crippen LogP contribution is 2.40. The highest BCUT2D eigenvalue weighted by molar-refractivity contribution is 7.46. The van der Waals surface area contributed by atoms with Crippen molar-refractivity contribution in [1.29, 1.82) is 0 Å². The molecule has 1 fully saturated rings. The third-order valence-corrected chi connectivity index (χ3v) is 6.52. The lowest BCUT2D eigenvalue weighted by Crippen LogP contribution is -2.33. The quantitative estimate of drug-likeness (QED) is 0.198. The minimum atomic E-state index is -4.81. The molecule has 4 aromatic rings. The van der Waals surface area contributed by atoms with Crippen LogP contribution in [0.15, 0.2) is 67.0 Å². The summed E-state index contributed by atoms with van der Waals surface area (Å²) >= 11 is 0. The van der Waals surface area contributed by atoms with Crippen LogP contribution in [0.5, 0.6) is 0 Å². The number of ether oxygens (including phenoxy) is 1. The number of nitrogens with one attached hydrogen (secondary N) is 1. The number of aliphatic hydroxyl groups excluding tert-OH is 2. The third kappa shape index (κ3) is 5.82. The van der Waals surface area contributed by atoms with E-state index in [0.29, 0.717) is 29.4 Å². The van der Waals surface area contributed by atoms with Gasteiger partial charge in [-0.3, -0.25) is 9.09 Å². The van der Waals surface area contributed by atoms with Gasteiger partial charge in [0.15, 0.2) is 11.9 Å². The van der Waals surface area contributed by atoms with E-state index < -0.39 is 39.0 Å². The zero-order valence-corrected chi connectivity index (χ0v) is 20.9. The Labute approximate surface area is 217 Å². The normalized spacial score (nSPS) is 21.9.